The van der Waals surface area contributed by atoms with E-state index < -0.39 is 25.7 Å². The van der Waals surface area contributed by atoms with Gasteiger partial charge in [0.15, 0.2) is 15.0 Å². The van der Waals surface area contributed by atoms with Gasteiger partial charge in [-0.3, -0.25) is 4.72 Å². The normalized spacial score (nSPS) is 12.1. The first kappa shape index (κ1) is 20.7. The molecule has 0 saturated carbocycles. The molecular weight excluding hydrogens is 447 g/mol. The number of aromatic nitrogens is 1. The van der Waals surface area contributed by atoms with Gasteiger partial charge in [0.25, 0.3) is 10.0 Å². The van der Waals surface area contributed by atoms with Crippen LogP contribution < -0.4 is 4.72 Å². The zero-order chi connectivity index (χ0) is 20.4. The number of hydrogen-bond donors (Lipinski definition) is 1. The van der Waals surface area contributed by atoms with Crippen LogP contribution in [0.2, 0.25) is 5.02 Å². The van der Waals surface area contributed by atoms with Crippen LogP contribution in [-0.2, 0) is 26.3 Å². The summed E-state index contributed by atoms with van der Waals surface area (Å²) in [5.41, 5.74) is 0.236. The summed E-state index contributed by atoms with van der Waals surface area (Å²) >= 11 is 6.81. The molecule has 0 fully saturated rings. The van der Waals surface area contributed by atoms with Gasteiger partial charge in [0, 0.05) is 16.6 Å². The summed E-state index contributed by atoms with van der Waals surface area (Å²) in [6.45, 7) is 0. The number of sulfonamides is 1. The van der Waals surface area contributed by atoms with Crippen molar-refractivity contribution in [1.29, 1.82) is 0 Å². The van der Waals surface area contributed by atoms with Crippen LogP contribution in [0.5, 0.6) is 0 Å². The minimum absolute atomic E-state index is 0.0308. The van der Waals surface area contributed by atoms with E-state index in [2.05, 4.69) is 9.71 Å². The molecule has 148 valence electrons. The van der Waals surface area contributed by atoms with Crippen LogP contribution in [0.4, 0.5) is 9.52 Å². The Labute approximate surface area is 171 Å². The van der Waals surface area contributed by atoms with Crippen molar-refractivity contribution in [2.24, 2.45) is 0 Å². The van der Waals surface area contributed by atoms with Gasteiger partial charge in [-0.05, 0) is 48.4 Å². The number of rotatable bonds is 7. The highest BCUT2D eigenvalue weighted by Gasteiger charge is 2.19. The molecule has 0 radical (unpaired) electrons. The van der Waals surface area contributed by atoms with Gasteiger partial charge in [-0.2, -0.15) is 0 Å². The maximum atomic E-state index is 13.8. The minimum atomic E-state index is -3.87. The fourth-order valence-corrected chi connectivity index (χ4v) is 5.58. The van der Waals surface area contributed by atoms with Crippen molar-refractivity contribution in [3.63, 3.8) is 0 Å². The lowest BCUT2D eigenvalue weighted by Gasteiger charge is -2.08. The molecular formula is C17H14ClFN2O4S3. The van der Waals surface area contributed by atoms with E-state index >= 15 is 0 Å². The summed E-state index contributed by atoms with van der Waals surface area (Å²) in [5, 5.41) is 2.06. The molecule has 0 aliphatic heterocycles. The molecule has 0 amide bonds. The number of sulfone groups is 1. The largest absolute Gasteiger partial charge is 0.263 e. The quantitative estimate of drug-likeness (QED) is 0.579. The highest BCUT2D eigenvalue weighted by molar-refractivity contribution is 7.93. The Morgan fingerprint density at radius 2 is 1.71 bits per heavy atom. The number of halogens is 2. The molecule has 1 heterocycles. The van der Waals surface area contributed by atoms with Crippen molar-refractivity contribution in [3.8, 4) is 0 Å². The molecule has 1 N–H and O–H groups in total. The van der Waals surface area contributed by atoms with Gasteiger partial charge in [-0.25, -0.2) is 26.2 Å². The monoisotopic (exact) mass is 460 g/mol. The molecule has 2 aromatic carbocycles. The van der Waals surface area contributed by atoms with Gasteiger partial charge in [0.2, 0.25) is 0 Å². The summed E-state index contributed by atoms with van der Waals surface area (Å²) in [7, 11) is -7.59. The number of nitrogens with one attached hydrogen (secondary N) is 1. The van der Waals surface area contributed by atoms with Crippen molar-refractivity contribution in [1.82, 2.24) is 4.98 Å². The first-order valence-electron chi connectivity index (χ1n) is 7.86. The highest BCUT2D eigenvalue weighted by atomic mass is 35.5. The summed E-state index contributed by atoms with van der Waals surface area (Å²) in [4.78, 5) is 3.70. The predicted molar refractivity (Wildman–Crippen MR) is 107 cm³/mol. The molecule has 1 aromatic heterocycles. The van der Waals surface area contributed by atoms with E-state index in [9.17, 15) is 21.2 Å². The fourth-order valence-electron chi connectivity index (χ4n) is 2.36. The van der Waals surface area contributed by atoms with Crippen LogP contribution in [0, 0.1) is 5.82 Å². The molecule has 6 nitrogen and oxygen atoms in total. The number of anilines is 1. The first-order chi connectivity index (χ1) is 13.2. The van der Waals surface area contributed by atoms with Crippen molar-refractivity contribution >= 4 is 47.9 Å². The molecule has 3 aromatic rings. The summed E-state index contributed by atoms with van der Waals surface area (Å²) in [6, 6.07) is 8.87. The molecule has 0 spiro atoms. The third-order valence-corrected chi connectivity index (χ3v) is 7.94. The average molecular weight is 461 g/mol. The second-order valence-corrected chi connectivity index (χ2v) is 10.8. The zero-order valence-electron chi connectivity index (χ0n) is 14.2. The van der Waals surface area contributed by atoms with Crippen LogP contribution in [0.3, 0.4) is 0 Å². The Hall–Kier alpha value is -2.01. The Kier molecular flexibility index (Phi) is 6.04. The Bertz CT molecular complexity index is 1180. The van der Waals surface area contributed by atoms with Crippen LogP contribution in [0.1, 0.15) is 5.56 Å². The molecule has 28 heavy (non-hydrogen) atoms. The van der Waals surface area contributed by atoms with E-state index in [1.165, 1.54) is 42.6 Å². The smallest absolute Gasteiger partial charge is 0.255 e. The first-order valence-corrected chi connectivity index (χ1v) is 12.3. The lowest BCUT2D eigenvalue weighted by atomic mass is 10.2. The number of thiazole rings is 1. The number of benzene rings is 2. The zero-order valence-corrected chi connectivity index (χ0v) is 17.4. The molecule has 0 unspecified atom stereocenters. The predicted octanol–water partition coefficient (Wildman–Crippen LogP) is 3.75. The molecule has 0 bridgehead atoms. The standard InChI is InChI=1S/C17H14ClFN2O4S3/c18-13-2-1-12(16(19)11-13)7-10-27(22,23)14-3-5-15(6-4-14)28(24,25)21-17-20-8-9-26-17/h1-6,8-9,11H,7,10H2,(H,20,21). The molecule has 0 saturated heterocycles. The lowest BCUT2D eigenvalue weighted by Crippen LogP contribution is -2.14. The topological polar surface area (TPSA) is 93.2 Å². The van der Waals surface area contributed by atoms with Crippen LogP contribution in [0.15, 0.2) is 63.8 Å². The van der Waals surface area contributed by atoms with E-state index in [0.717, 1.165) is 17.4 Å². The number of nitrogens with zero attached hydrogens (tertiary/aromatic N) is 1. The van der Waals surface area contributed by atoms with Crippen molar-refractivity contribution in [3.05, 3.63) is 70.4 Å². The van der Waals surface area contributed by atoms with E-state index in [1.54, 1.807) is 5.38 Å². The van der Waals surface area contributed by atoms with Crippen molar-refractivity contribution in [2.75, 3.05) is 10.5 Å². The van der Waals surface area contributed by atoms with Gasteiger partial charge in [-0.1, -0.05) is 17.7 Å². The van der Waals surface area contributed by atoms with Crippen molar-refractivity contribution in [2.45, 2.75) is 16.2 Å². The summed E-state index contributed by atoms with van der Waals surface area (Å²) in [6.07, 6.45) is 1.43. The minimum Gasteiger partial charge on any atom is -0.255 e. The molecule has 3 rings (SSSR count). The van der Waals surface area contributed by atoms with Gasteiger partial charge >= 0.3 is 0 Å². The van der Waals surface area contributed by atoms with Gasteiger partial charge in [0.05, 0.1) is 15.5 Å². The average Bonchev–Trinajstić information content (AvgIpc) is 3.13. The van der Waals surface area contributed by atoms with E-state index in [0.29, 0.717) is 0 Å². The Morgan fingerprint density at radius 1 is 1.04 bits per heavy atom. The number of aryl methyl sites for hydroxylation is 1. The van der Waals surface area contributed by atoms with Gasteiger partial charge < -0.3 is 0 Å². The third-order valence-electron chi connectivity index (χ3n) is 3.80. The SMILES string of the molecule is O=S(=O)(CCc1ccc(Cl)cc1F)c1ccc(S(=O)(=O)Nc2nccs2)cc1. The van der Waals surface area contributed by atoms with Crippen LogP contribution in [-0.4, -0.2) is 27.6 Å². The maximum absolute atomic E-state index is 13.8. The van der Waals surface area contributed by atoms with E-state index in [4.69, 9.17) is 11.6 Å². The molecule has 0 aliphatic rings. The maximum Gasteiger partial charge on any atom is 0.263 e. The van der Waals surface area contributed by atoms with E-state index in [-0.39, 0.29) is 37.7 Å². The number of hydrogen-bond acceptors (Lipinski definition) is 6. The third kappa shape index (κ3) is 4.88. The Balaban J connectivity index is 1.74. The second-order valence-electron chi connectivity index (χ2n) is 5.72. The van der Waals surface area contributed by atoms with E-state index in [1.807, 2.05) is 0 Å². The fraction of sp³-hybridized carbons (Fsp3) is 0.118. The Morgan fingerprint density at radius 3 is 2.32 bits per heavy atom. The molecule has 11 heteroatoms. The second kappa shape index (κ2) is 8.16. The van der Waals surface area contributed by atoms with Crippen LogP contribution >= 0.6 is 22.9 Å². The van der Waals surface area contributed by atoms with Crippen LogP contribution in [0.25, 0.3) is 0 Å². The molecule has 0 atom stereocenters. The summed E-state index contributed by atoms with van der Waals surface area (Å²) in [5.74, 6) is -0.896. The van der Waals surface area contributed by atoms with Gasteiger partial charge in [-0.15, -0.1) is 11.3 Å². The highest BCUT2D eigenvalue weighted by Crippen LogP contribution is 2.21. The lowest BCUT2D eigenvalue weighted by molar-refractivity contribution is 0.590. The van der Waals surface area contributed by atoms with Gasteiger partial charge in [0.1, 0.15) is 5.82 Å². The molecule has 0 aliphatic carbocycles. The summed E-state index contributed by atoms with van der Waals surface area (Å²) < 4.78 is 65.7. The van der Waals surface area contributed by atoms with Crippen molar-refractivity contribution < 1.29 is 21.2 Å².